The van der Waals surface area contributed by atoms with Crippen molar-refractivity contribution in [2.75, 3.05) is 13.1 Å². The Morgan fingerprint density at radius 3 is 2.57 bits per heavy atom. The summed E-state index contributed by atoms with van der Waals surface area (Å²) in [6, 6.07) is 11.2. The first kappa shape index (κ1) is 14.4. The highest BCUT2D eigenvalue weighted by atomic mass is 15.4. The summed E-state index contributed by atoms with van der Waals surface area (Å²) in [6.07, 6.45) is 7.56. The van der Waals surface area contributed by atoms with Crippen LogP contribution in [0.4, 0.5) is 0 Å². The molecule has 4 heteroatoms. The number of rotatable bonds is 2. The first-order valence-corrected chi connectivity index (χ1v) is 8.21. The van der Waals surface area contributed by atoms with Crippen LogP contribution in [0.1, 0.15) is 50.0 Å². The van der Waals surface area contributed by atoms with Crippen LogP contribution in [0.25, 0.3) is 0 Å². The van der Waals surface area contributed by atoms with Gasteiger partial charge in [-0.25, -0.2) is 10.8 Å². The van der Waals surface area contributed by atoms with Gasteiger partial charge < -0.3 is 4.90 Å². The highest BCUT2D eigenvalue weighted by Gasteiger charge is 2.26. The molecule has 2 fully saturated rings. The van der Waals surface area contributed by atoms with E-state index < -0.39 is 0 Å². The highest BCUT2D eigenvalue weighted by molar-refractivity contribution is 5.80. The van der Waals surface area contributed by atoms with Crippen molar-refractivity contribution in [1.82, 2.24) is 10.3 Å². The molecule has 1 aromatic rings. The minimum Gasteiger partial charge on any atom is -0.341 e. The number of aliphatic imine (C=N–C) groups is 1. The van der Waals surface area contributed by atoms with E-state index in [0.717, 1.165) is 19.0 Å². The van der Waals surface area contributed by atoms with Crippen LogP contribution in [0.15, 0.2) is 35.3 Å². The van der Waals surface area contributed by atoms with Crippen molar-refractivity contribution in [1.29, 1.82) is 0 Å². The molecule has 2 aliphatic rings. The van der Waals surface area contributed by atoms with E-state index >= 15 is 0 Å². The topological polar surface area (TPSA) is 53.6 Å². The Bertz CT molecular complexity index is 465. The normalized spacial score (nSPS) is 24.3. The van der Waals surface area contributed by atoms with Crippen molar-refractivity contribution < 1.29 is 0 Å². The van der Waals surface area contributed by atoms with E-state index in [1.807, 2.05) is 0 Å². The number of likely N-dealkylation sites (tertiary alicyclic amines) is 1. The number of hydrogen-bond donors (Lipinski definition) is 2. The molecular weight excluding hydrogens is 260 g/mol. The SMILES string of the molecule is NNC(=NC1CCCCC1)N1CCC(c2ccccc2)C1. The summed E-state index contributed by atoms with van der Waals surface area (Å²) in [5, 5.41) is 0. The number of nitrogens with two attached hydrogens (primary N) is 1. The average Bonchev–Trinajstić information content (AvgIpc) is 3.04. The van der Waals surface area contributed by atoms with Crippen LogP contribution in [0.5, 0.6) is 0 Å². The lowest BCUT2D eigenvalue weighted by molar-refractivity contribution is 0.425. The lowest BCUT2D eigenvalue weighted by atomic mass is 9.96. The molecule has 0 spiro atoms. The van der Waals surface area contributed by atoms with Gasteiger partial charge in [0.25, 0.3) is 0 Å². The predicted octanol–water partition coefficient (Wildman–Crippen LogP) is 2.63. The fourth-order valence-corrected chi connectivity index (χ4v) is 3.54. The van der Waals surface area contributed by atoms with Gasteiger partial charge in [-0.15, -0.1) is 0 Å². The standard InChI is InChI=1S/C17H26N4/c18-20-17(19-16-9-5-2-6-10-16)21-12-11-15(13-21)14-7-3-1-4-8-14/h1,3-4,7-8,15-16H,2,5-6,9-13,18H2,(H,19,20). The van der Waals surface area contributed by atoms with Gasteiger partial charge >= 0.3 is 0 Å². The molecular formula is C17H26N4. The maximum atomic E-state index is 5.73. The van der Waals surface area contributed by atoms with Crippen LogP contribution in [-0.2, 0) is 0 Å². The van der Waals surface area contributed by atoms with Gasteiger partial charge in [0.15, 0.2) is 0 Å². The Morgan fingerprint density at radius 2 is 1.86 bits per heavy atom. The number of benzene rings is 1. The van der Waals surface area contributed by atoms with Gasteiger partial charge in [0.2, 0.25) is 5.96 Å². The van der Waals surface area contributed by atoms with Crippen LogP contribution in [-0.4, -0.2) is 30.0 Å². The minimum absolute atomic E-state index is 0.459. The van der Waals surface area contributed by atoms with E-state index in [1.54, 1.807) is 0 Å². The summed E-state index contributed by atoms with van der Waals surface area (Å²) in [4.78, 5) is 7.18. The lowest BCUT2D eigenvalue weighted by Gasteiger charge is -2.24. The second kappa shape index (κ2) is 6.94. The van der Waals surface area contributed by atoms with Gasteiger partial charge in [0.05, 0.1) is 6.04 Å². The quantitative estimate of drug-likeness (QED) is 0.380. The van der Waals surface area contributed by atoms with E-state index in [-0.39, 0.29) is 0 Å². The molecule has 114 valence electrons. The van der Waals surface area contributed by atoms with Crippen LogP contribution < -0.4 is 11.3 Å². The molecule has 1 aromatic carbocycles. The second-order valence-corrected chi connectivity index (χ2v) is 6.23. The van der Waals surface area contributed by atoms with Crippen LogP contribution >= 0.6 is 0 Å². The molecule has 1 heterocycles. The zero-order chi connectivity index (χ0) is 14.5. The Labute approximate surface area is 127 Å². The molecule has 4 nitrogen and oxygen atoms in total. The molecule has 0 amide bonds. The van der Waals surface area contributed by atoms with E-state index in [4.69, 9.17) is 10.8 Å². The van der Waals surface area contributed by atoms with Gasteiger partial charge in [-0.2, -0.15) is 0 Å². The Morgan fingerprint density at radius 1 is 1.10 bits per heavy atom. The van der Waals surface area contributed by atoms with Gasteiger partial charge in [-0.1, -0.05) is 49.6 Å². The number of hydrogen-bond acceptors (Lipinski definition) is 2. The van der Waals surface area contributed by atoms with Crippen LogP contribution in [0.3, 0.4) is 0 Å². The Hall–Kier alpha value is -1.55. The predicted molar refractivity (Wildman–Crippen MR) is 87.0 cm³/mol. The number of nitrogens with zero attached hydrogens (tertiary/aromatic N) is 2. The molecule has 1 atom stereocenters. The monoisotopic (exact) mass is 286 g/mol. The van der Waals surface area contributed by atoms with Crippen molar-refractivity contribution in [2.24, 2.45) is 10.8 Å². The third kappa shape index (κ3) is 3.56. The summed E-state index contributed by atoms with van der Waals surface area (Å²) in [5.74, 6) is 7.21. The third-order valence-electron chi connectivity index (χ3n) is 4.77. The van der Waals surface area contributed by atoms with Crippen molar-refractivity contribution in [3.8, 4) is 0 Å². The number of hydrazine groups is 1. The average molecular weight is 286 g/mol. The van der Waals surface area contributed by atoms with Crippen LogP contribution in [0, 0.1) is 0 Å². The van der Waals surface area contributed by atoms with Gasteiger partial charge in [-0.05, 0) is 24.8 Å². The minimum atomic E-state index is 0.459. The van der Waals surface area contributed by atoms with E-state index in [0.29, 0.717) is 12.0 Å². The molecule has 1 unspecified atom stereocenters. The zero-order valence-corrected chi connectivity index (χ0v) is 12.7. The third-order valence-corrected chi connectivity index (χ3v) is 4.77. The van der Waals surface area contributed by atoms with Crippen molar-refractivity contribution in [2.45, 2.75) is 50.5 Å². The molecule has 3 N–H and O–H groups in total. The van der Waals surface area contributed by atoms with E-state index in [9.17, 15) is 0 Å². The number of nitrogens with one attached hydrogen (secondary N) is 1. The Kier molecular flexibility index (Phi) is 4.76. The molecule has 0 aromatic heterocycles. The van der Waals surface area contributed by atoms with Crippen molar-refractivity contribution in [3.63, 3.8) is 0 Å². The zero-order valence-electron chi connectivity index (χ0n) is 12.7. The van der Waals surface area contributed by atoms with Gasteiger partial charge in [0, 0.05) is 19.0 Å². The smallest absolute Gasteiger partial charge is 0.208 e. The fraction of sp³-hybridized carbons (Fsp3) is 0.588. The Balaban J connectivity index is 1.64. The summed E-state index contributed by atoms with van der Waals surface area (Å²) >= 11 is 0. The molecule has 1 saturated carbocycles. The first-order valence-electron chi connectivity index (χ1n) is 8.21. The largest absolute Gasteiger partial charge is 0.341 e. The van der Waals surface area contributed by atoms with Crippen molar-refractivity contribution in [3.05, 3.63) is 35.9 Å². The van der Waals surface area contributed by atoms with Gasteiger partial charge in [-0.3, -0.25) is 5.43 Å². The first-order chi connectivity index (χ1) is 10.4. The van der Waals surface area contributed by atoms with Gasteiger partial charge in [0.1, 0.15) is 0 Å². The molecule has 21 heavy (non-hydrogen) atoms. The summed E-state index contributed by atoms with van der Waals surface area (Å²) in [5.41, 5.74) is 4.26. The maximum Gasteiger partial charge on any atom is 0.208 e. The molecule has 1 aliphatic heterocycles. The molecule has 0 radical (unpaired) electrons. The summed E-state index contributed by atoms with van der Waals surface area (Å²) in [6.45, 7) is 2.05. The molecule has 1 saturated heterocycles. The molecule has 0 bridgehead atoms. The lowest BCUT2D eigenvalue weighted by Crippen LogP contribution is -2.44. The number of guanidine groups is 1. The molecule has 1 aliphatic carbocycles. The van der Waals surface area contributed by atoms with Crippen LogP contribution in [0.2, 0.25) is 0 Å². The van der Waals surface area contributed by atoms with E-state index in [2.05, 4.69) is 40.7 Å². The summed E-state index contributed by atoms with van der Waals surface area (Å²) < 4.78 is 0. The van der Waals surface area contributed by atoms with Crippen molar-refractivity contribution >= 4 is 5.96 Å². The highest BCUT2D eigenvalue weighted by Crippen LogP contribution is 2.27. The fourth-order valence-electron chi connectivity index (χ4n) is 3.54. The summed E-state index contributed by atoms with van der Waals surface area (Å²) in [7, 11) is 0. The maximum absolute atomic E-state index is 5.73. The second-order valence-electron chi connectivity index (χ2n) is 6.23. The molecule has 3 rings (SSSR count). The van der Waals surface area contributed by atoms with E-state index in [1.165, 1.54) is 44.1 Å².